The first-order valence-electron chi connectivity index (χ1n) is 8.33. The normalized spacial score (nSPS) is 10.7. The van der Waals surface area contributed by atoms with Gasteiger partial charge >= 0.3 is 5.97 Å². The van der Waals surface area contributed by atoms with E-state index in [4.69, 9.17) is 18.6 Å². The van der Waals surface area contributed by atoms with Gasteiger partial charge in [-0.2, -0.15) is 0 Å². The van der Waals surface area contributed by atoms with Crippen molar-refractivity contribution in [3.8, 4) is 34.1 Å². The number of hydrogen-bond donors (Lipinski definition) is 2. The number of carbonyl (C=O) groups excluding carboxylic acids is 1. The second-order valence-corrected chi connectivity index (χ2v) is 5.76. The topological polar surface area (TPSA) is 115 Å². The number of ether oxygens (including phenoxy) is 3. The molecule has 1 heterocycles. The number of rotatable bonds is 5. The first-order valence-corrected chi connectivity index (χ1v) is 8.33. The number of phenolic OH excluding ortho intramolecular Hbond substituents is 2. The van der Waals surface area contributed by atoms with Crippen molar-refractivity contribution in [3.63, 3.8) is 0 Å². The maximum Gasteiger partial charge on any atom is 0.375 e. The molecule has 0 aliphatic rings. The standard InChI is InChI=1S/C20H18O8/c1-4-27-20(24)19-16(10-5-6-13(25-2)14(7-10)26-3)18(23)17-12(22)8-11(21)9-15(17)28-19/h5-9,21-22H,4H2,1-3H3. The molecule has 2 N–H and O–H groups in total. The van der Waals surface area contributed by atoms with Crippen LogP contribution in [0.4, 0.5) is 0 Å². The lowest BCUT2D eigenvalue weighted by atomic mass is 10.0. The zero-order chi connectivity index (χ0) is 20.4. The molecule has 0 aliphatic carbocycles. The van der Waals surface area contributed by atoms with Gasteiger partial charge in [0, 0.05) is 12.1 Å². The first-order chi connectivity index (χ1) is 13.4. The van der Waals surface area contributed by atoms with Crippen LogP contribution in [-0.2, 0) is 4.74 Å². The Labute approximate surface area is 159 Å². The number of carbonyl (C=O) groups is 1. The maximum atomic E-state index is 13.2. The predicted octanol–water partition coefficient (Wildman–Crippen LogP) is 3.07. The van der Waals surface area contributed by atoms with Crippen LogP contribution in [0.5, 0.6) is 23.0 Å². The molecule has 3 rings (SSSR count). The average Bonchev–Trinajstić information content (AvgIpc) is 2.66. The third-order valence-corrected chi connectivity index (χ3v) is 4.09. The van der Waals surface area contributed by atoms with Gasteiger partial charge in [-0.05, 0) is 24.6 Å². The van der Waals surface area contributed by atoms with E-state index in [9.17, 15) is 19.8 Å². The summed E-state index contributed by atoms with van der Waals surface area (Å²) in [6.45, 7) is 1.68. The molecule has 0 spiro atoms. The van der Waals surface area contributed by atoms with E-state index in [0.29, 0.717) is 17.1 Å². The summed E-state index contributed by atoms with van der Waals surface area (Å²) in [6, 6.07) is 6.79. The predicted molar refractivity (Wildman–Crippen MR) is 100 cm³/mol. The molecule has 0 radical (unpaired) electrons. The summed E-state index contributed by atoms with van der Waals surface area (Å²) in [7, 11) is 2.90. The maximum absolute atomic E-state index is 13.2. The van der Waals surface area contributed by atoms with Gasteiger partial charge in [0.15, 0.2) is 11.5 Å². The van der Waals surface area contributed by atoms with Gasteiger partial charge < -0.3 is 28.8 Å². The van der Waals surface area contributed by atoms with Crippen LogP contribution in [0.15, 0.2) is 39.5 Å². The SMILES string of the molecule is CCOC(=O)c1oc2cc(O)cc(O)c2c(=O)c1-c1ccc(OC)c(OC)c1. The smallest absolute Gasteiger partial charge is 0.375 e. The summed E-state index contributed by atoms with van der Waals surface area (Å²) in [5.41, 5.74) is -0.597. The number of phenols is 2. The molecule has 8 nitrogen and oxygen atoms in total. The highest BCUT2D eigenvalue weighted by molar-refractivity contribution is 5.99. The average molecular weight is 386 g/mol. The lowest BCUT2D eigenvalue weighted by molar-refractivity contribution is 0.0492. The molecule has 28 heavy (non-hydrogen) atoms. The van der Waals surface area contributed by atoms with Crippen molar-refractivity contribution < 1.29 is 33.6 Å². The van der Waals surface area contributed by atoms with E-state index >= 15 is 0 Å². The van der Waals surface area contributed by atoms with Crippen molar-refractivity contribution in [1.82, 2.24) is 0 Å². The summed E-state index contributed by atoms with van der Waals surface area (Å²) < 4.78 is 21.0. The second-order valence-electron chi connectivity index (χ2n) is 5.76. The number of hydrogen-bond acceptors (Lipinski definition) is 8. The largest absolute Gasteiger partial charge is 0.508 e. The molecule has 2 aromatic carbocycles. The van der Waals surface area contributed by atoms with Gasteiger partial charge in [-0.3, -0.25) is 4.79 Å². The monoisotopic (exact) mass is 386 g/mol. The van der Waals surface area contributed by atoms with Gasteiger partial charge in [-0.15, -0.1) is 0 Å². The van der Waals surface area contributed by atoms with Crippen LogP contribution in [0.1, 0.15) is 17.5 Å². The van der Waals surface area contributed by atoms with Gasteiger partial charge in [0.25, 0.3) is 0 Å². The molecule has 0 unspecified atom stereocenters. The highest BCUT2D eigenvalue weighted by atomic mass is 16.5. The summed E-state index contributed by atoms with van der Waals surface area (Å²) in [5.74, 6) is -1.22. The molecular formula is C20H18O8. The van der Waals surface area contributed by atoms with Gasteiger partial charge in [0.1, 0.15) is 22.5 Å². The van der Waals surface area contributed by atoms with Crippen LogP contribution in [0.3, 0.4) is 0 Å². The first kappa shape index (κ1) is 19.1. The summed E-state index contributed by atoms with van der Waals surface area (Å²) in [5, 5.41) is 19.6. The molecule has 8 heteroatoms. The highest BCUT2D eigenvalue weighted by Crippen LogP contribution is 2.35. The molecule has 0 amide bonds. The zero-order valence-electron chi connectivity index (χ0n) is 15.4. The van der Waals surface area contributed by atoms with Crippen LogP contribution < -0.4 is 14.9 Å². The fraction of sp³-hybridized carbons (Fsp3) is 0.200. The van der Waals surface area contributed by atoms with Gasteiger partial charge in [0.05, 0.1) is 26.4 Å². The second kappa shape index (κ2) is 7.51. The molecule has 0 saturated heterocycles. The Kier molecular flexibility index (Phi) is 5.12. The lowest BCUT2D eigenvalue weighted by Gasteiger charge is -2.13. The minimum Gasteiger partial charge on any atom is -0.508 e. The van der Waals surface area contributed by atoms with Crippen LogP contribution in [0.2, 0.25) is 0 Å². The third-order valence-electron chi connectivity index (χ3n) is 4.09. The summed E-state index contributed by atoms with van der Waals surface area (Å²) >= 11 is 0. The van der Waals surface area contributed by atoms with E-state index in [1.807, 2.05) is 0 Å². The van der Waals surface area contributed by atoms with E-state index in [1.165, 1.54) is 20.3 Å². The highest BCUT2D eigenvalue weighted by Gasteiger charge is 2.25. The van der Waals surface area contributed by atoms with Gasteiger partial charge in [0.2, 0.25) is 11.2 Å². The Morgan fingerprint density at radius 2 is 1.79 bits per heavy atom. The summed E-state index contributed by atoms with van der Waals surface area (Å²) in [4.78, 5) is 25.6. The zero-order valence-corrected chi connectivity index (χ0v) is 15.4. The molecule has 3 aromatic rings. The van der Waals surface area contributed by atoms with Crippen molar-refractivity contribution in [1.29, 1.82) is 0 Å². The van der Waals surface area contributed by atoms with Crippen molar-refractivity contribution >= 4 is 16.9 Å². The Morgan fingerprint density at radius 3 is 2.43 bits per heavy atom. The minimum atomic E-state index is -0.853. The lowest BCUT2D eigenvalue weighted by Crippen LogP contribution is -2.15. The molecule has 0 aliphatic heterocycles. The fourth-order valence-electron chi connectivity index (χ4n) is 2.88. The minimum absolute atomic E-state index is 0.0667. The van der Waals surface area contributed by atoms with Gasteiger partial charge in [-0.25, -0.2) is 4.79 Å². The van der Waals surface area contributed by atoms with E-state index in [0.717, 1.165) is 12.1 Å². The van der Waals surface area contributed by atoms with E-state index < -0.39 is 17.1 Å². The molecule has 0 fully saturated rings. The Bertz CT molecular complexity index is 1110. The van der Waals surface area contributed by atoms with Crippen LogP contribution >= 0.6 is 0 Å². The molecule has 0 saturated carbocycles. The Hall–Kier alpha value is -3.68. The van der Waals surface area contributed by atoms with E-state index in [-0.39, 0.29) is 34.6 Å². The number of fused-ring (bicyclic) bond motifs is 1. The Balaban J connectivity index is 2.40. The Morgan fingerprint density at radius 1 is 1.07 bits per heavy atom. The van der Waals surface area contributed by atoms with Crippen molar-refractivity contribution in [3.05, 3.63) is 46.3 Å². The summed E-state index contributed by atoms with van der Waals surface area (Å²) in [6.07, 6.45) is 0. The molecular weight excluding hydrogens is 368 g/mol. The number of esters is 1. The third kappa shape index (κ3) is 3.20. The molecule has 146 valence electrons. The van der Waals surface area contributed by atoms with E-state index in [1.54, 1.807) is 19.1 Å². The molecule has 1 aromatic heterocycles. The van der Waals surface area contributed by atoms with Crippen molar-refractivity contribution in [2.24, 2.45) is 0 Å². The van der Waals surface area contributed by atoms with Crippen LogP contribution in [-0.4, -0.2) is 37.0 Å². The quantitative estimate of drug-likeness (QED) is 0.643. The number of methoxy groups -OCH3 is 2. The van der Waals surface area contributed by atoms with E-state index in [2.05, 4.69) is 0 Å². The molecule has 0 atom stereocenters. The number of aromatic hydroxyl groups is 2. The number of benzene rings is 2. The van der Waals surface area contributed by atoms with Crippen molar-refractivity contribution in [2.75, 3.05) is 20.8 Å². The van der Waals surface area contributed by atoms with Crippen molar-refractivity contribution in [2.45, 2.75) is 6.92 Å². The molecule has 0 bridgehead atoms. The van der Waals surface area contributed by atoms with Crippen LogP contribution in [0, 0.1) is 0 Å². The van der Waals surface area contributed by atoms with Gasteiger partial charge in [-0.1, -0.05) is 6.07 Å². The fourth-order valence-corrected chi connectivity index (χ4v) is 2.88. The van der Waals surface area contributed by atoms with Crippen LogP contribution in [0.25, 0.3) is 22.1 Å².